The van der Waals surface area contributed by atoms with Crippen molar-refractivity contribution in [2.45, 2.75) is 13.8 Å². The van der Waals surface area contributed by atoms with Crippen molar-refractivity contribution in [1.29, 1.82) is 0 Å². The smallest absolute Gasteiger partial charge is 0.871 e. The van der Waals surface area contributed by atoms with Crippen LogP contribution in [0.1, 0.15) is 13.8 Å². The summed E-state index contributed by atoms with van der Waals surface area (Å²) in [6.07, 6.45) is 0. The van der Waals surface area contributed by atoms with Gasteiger partial charge in [0.25, 0.3) is 0 Å². The molecule has 0 spiro atoms. The number of fused-ring (bicyclic) bond motifs is 2. The molecule has 0 aliphatic rings. The molecule has 2 aromatic carbocycles. The predicted octanol–water partition coefficient (Wildman–Crippen LogP) is 1.17. The average molecular weight is 315 g/mol. The Morgan fingerprint density at radius 2 is 1.75 bits per heavy atom. The molecule has 0 saturated heterocycles. The Hall–Kier alpha value is -0.580. The van der Waals surface area contributed by atoms with Crippen LogP contribution in [0, 0.1) is 0 Å². The third-order valence-electron chi connectivity index (χ3n) is 2.64. The molecule has 0 radical (unpaired) electrons. The molecule has 0 N–H and O–H groups in total. The van der Waals surface area contributed by atoms with E-state index in [0.29, 0.717) is 20.5 Å². The molecule has 0 aliphatic heterocycles. The largest absolute Gasteiger partial charge is 1.00 e. The average Bonchev–Trinajstić information content (AvgIpc) is 2.45. The van der Waals surface area contributed by atoms with Gasteiger partial charge in [0.05, 0.1) is 10.4 Å². The van der Waals surface area contributed by atoms with Gasteiger partial charge in [-0.1, -0.05) is 49.4 Å². The van der Waals surface area contributed by atoms with E-state index >= 15 is 0 Å². The Labute approximate surface area is 148 Å². The summed E-state index contributed by atoms with van der Waals surface area (Å²) in [7, 11) is 0. The van der Waals surface area contributed by atoms with Crippen molar-refractivity contribution in [3.63, 3.8) is 0 Å². The number of hydrogen-bond acceptors (Lipinski definition) is 3. The summed E-state index contributed by atoms with van der Waals surface area (Å²) in [4.78, 5) is 12.2. The second kappa shape index (κ2) is 7.43. The van der Waals surface area contributed by atoms with Crippen LogP contribution in [0.4, 0.5) is 0 Å². The van der Waals surface area contributed by atoms with Crippen molar-refractivity contribution < 1.29 is 34.7 Å². The fraction of sp³-hybridized carbons (Fsp3) is 0.133. The SMILES string of the molecule is CC.O=c1c2ccccc2sc2c([O-])ccc(Cl)c12.[Na+]. The van der Waals surface area contributed by atoms with E-state index in [2.05, 4.69) is 0 Å². The van der Waals surface area contributed by atoms with Crippen molar-refractivity contribution in [1.82, 2.24) is 0 Å². The number of rotatable bonds is 0. The Morgan fingerprint density at radius 3 is 2.45 bits per heavy atom. The van der Waals surface area contributed by atoms with Gasteiger partial charge in [-0.25, -0.2) is 0 Å². The molecule has 0 bridgehead atoms. The molecule has 98 valence electrons. The molecule has 0 saturated carbocycles. The second-order valence-corrected chi connectivity index (χ2v) is 5.14. The third-order valence-corrected chi connectivity index (χ3v) is 4.14. The molecule has 0 aliphatic carbocycles. The fourth-order valence-corrected chi connectivity index (χ4v) is 3.25. The molecule has 0 fully saturated rings. The van der Waals surface area contributed by atoms with Crippen LogP contribution in [0.2, 0.25) is 5.02 Å². The quantitative estimate of drug-likeness (QED) is 0.462. The predicted molar refractivity (Wildman–Crippen MR) is 81.4 cm³/mol. The van der Waals surface area contributed by atoms with Gasteiger partial charge in [-0.2, -0.15) is 0 Å². The summed E-state index contributed by atoms with van der Waals surface area (Å²) in [6, 6.07) is 10.1. The Bertz CT molecular complexity index is 799. The van der Waals surface area contributed by atoms with Gasteiger partial charge in [-0.05, 0) is 18.2 Å². The van der Waals surface area contributed by atoms with Crippen LogP contribution < -0.4 is 40.1 Å². The first kappa shape index (κ1) is 17.5. The summed E-state index contributed by atoms with van der Waals surface area (Å²) >= 11 is 7.31. The molecule has 1 aromatic heterocycles. The van der Waals surface area contributed by atoms with Gasteiger partial charge in [0.15, 0.2) is 5.43 Å². The number of benzene rings is 2. The first-order chi connectivity index (χ1) is 9.18. The molecule has 0 amide bonds. The van der Waals surface area contributed by atoms with Gasteiger partial charge >= 0.3 is 29.6 Å². The van der Waals surface area contributed by atoms with Gasteiger partial charge in [0.2, 0.25) is 0 Å². The van der Waals surface area contributed by atoms with E-state index in [-0.39, 0.29) is 40.7 Å². The van der Waals surface area contributed by atoms with Crippen LogP contribution in [-0.4, -0.2) is 0 Å². The Morgan fingerprint density at radius 1 is 1.10 bits per heavy atom. The van der Waals surface area contributed by atoms with E-state index < -0.39 is 0 Å². The molecule has 1 heterocycles. The normalized spacial score (nSPS) is 9.75. The Balaban J connectivity index is 0.000000639. The standard InChI is InChI=1S/C13H7ClO2S.C2H6.Na/c14-8-5-6-9(15)13-11(8)12(16)7-3-1-2-4-10(7)17-13;1-2;/h1-6,15H;1-2H3;/q;;+1/p-1. The summed E-state index contributed by atoms with van der Waals surface area (Å²) in [5, 5.41) is 13.0. The number of halogens is 1. The van der Waals surface area contributed by atoms with Gasteiger partial charge < -0.3 is 5.11 Å². The van der Waals surface area contributed by atoms with Crippen LogP contribution >= 0.6 is 22.9 Å². The second-order valence-electron chi connectivity index (χ2n) is 3.68. The maximum Gasteiger partial charge on any atom is 1.00 e. The van der Waals surface area contributed by atoms with Crippen molar-refractivity contribution in [3.05, 3.63) is 51.6 Å². The molecule has 0 unspecified atom stereocenters. The van der Waals surface area contributed by atoms with E-state index in [4.69, 9.17) is 11.6 Å². The zero-order valence-corrected chi connectivity index (χ0v) is 15.1. The first-order valence-electron chi connectivity index (χ1n) is 5.99. The van der Waals surface area contributed by atoms with Crippen LogP contribution in [0.3, 0.4) is 0 Å². The first-order valence-corrected chi connectivity index (χ1v) is 7.19. The van der Waals surface area contributed by atoms with Gasteiger partial charge in [0, 0.05) is 14.8 Å². The topological polar surface area (TPSA) is 40.1 Å². The minimum atomic E-state index is -0.169. The summed E-state index contributed by atoms with van der Waals surface area (Å²) in [6.45, 7) is 4.00. The fourth-order valence-electron chi connectivity index (χ4n) is 1.84. The van der Waals surface area contributed by atoms with E-state index in [0.717, 1.165) is 4.70 Å². The maximum absolute atomic E-state index is 12.2. The molecule has 20 heavy (non-hydrogen) atoms. The molecule has 2 nitrogen and oxygen atoms in total. The van der Waals surface area contributed by atoms with Gasteiger partial charge in [-0.3, -0.25) is 4.79 Å². The van der Waals surface area contributed by atoms with E-state index in [1.807, 2.05) is 26.0 Å². The van der Waals surface area contributed by atoms with Crippen LogP contribution in [0.15, 0.2) is 41.2 Å². The van der Waals surface area contributed by atoms with E-state index in [1.165, 1.54) is 23.5 Å². The third kappa shape index (κ3) is 3.02. The van der Waals surface area contributed by atoms with Crippen molar-refractivity contribution in [2.75, 3.05) is 0 Å². The molecular weight excluding hydrogens is 303 g/mol. The number of hydrogen-bond donors (Lipinski definition) is 0. The molecule has 5 heteroatoms. The van der Waals surface area contributed by atoms with Crippen molar-refractivity contribution in [3.8, 4) is 5.75 Å². The summed E-state index contributed by atoms with van der Waals surface area (Å²) < 4.78 is 1.24. The molecule has 3 aromatic rings. The van der Waals surface area contributed by atoms with E-state index in [9.17, 15) is 9.90 Å². The zero-order chi connectivity index (χ0) is 14.0. The zero-order valence-electron chi connectivity index (χ0n) is 11.6. The van der Waals surface area contributed by atoms with Crippen molar-refractivity contribution in [2.24, 2.45) is 0 Å². The Kier molecular flexibility index (Phi) is 6.49. The molecule has 0 atom stereocenters. The summed E-state index contributed by atoms with van der Waals surface area (Å²) in [5.41, 5.74) is -0.169. The van der Waals surface area contributed by atoms with Crippen molar-refractivity contribution >= 4 is 43.1 Å². The van der Waals surface area contributed by atoms with E-state index in [1.54, 1.807) is 12.1 Å². The van der Waals surface area contributed by atoms with Crippen LogP contribution in [0.5, 0.6) is 5.75 Å². The summed E-state index contributed by atoms with van der Waals surface area (Å²) in [5.74, 6) is -0.155. The monoisotopic (exact) mass is 314 g/mol. The van der Waals surface area contributed by atoms with Crippen LogP contribution in [0.25, 0.3) is 20.2 Å². The van der Waals surface area contributed by atoms with Crippen LogP contribution in [-0.2, 0) is 0 Å². The van der Waals surface area contributed by atoms with Gasteiger partial charge in [-0.15, -0.1) is 11.3 Å². The molecular formula is C15H12ClNaO2S. The maximum atomic E-state index is 12.2. The minimum absolute atomic E-state index is 0. The minimum Gasteiger partial charge on any atom is -0.871 e. The van der Waals surface area contributed by atoms with Gasteiger partial charge in [0.1, 0.15) is 0 Å². The molecule has 3 rings (SSSR count).